The summed E-state index contributed by atoms with van der Waals surface area (Å²) < 4.78 is 0. The zero-order chi connectivity index (χ0) is 7.40. The van der Waals surface area contributed by atoms with E-state index in [4.69, 9.17) is 0 Å². The standard InChI is InChI=1S/C8H17NO/c1-9-6-7-4-2-3-5-8(7)10/h7-10H,2-6H2,1H3/t7-,8+/m0/s1. The average molecular weight is 143 g/mol. The van der Waals surface area contributed by atoms with Gasteiger partial charge in [-0.1, -0.05) is 12.8 Å². The van der Waals surface area contributed by atoms with E-state index in [2.05, 4.69) is 5.32 Å². The molecule has 2 N–H and O–H groups in total. The van der Waals surface area contributed by atoms with Crippen LogP contribution in [0.5, 0.6) is 0 Å². The molecule has 10 heavy (non-hydrogen) atoms. The van der Waals surface area contributed by atoms with Crippen LogP contribution in [-0.2, 0) is 0 Å². The van der Waals surface area contributed by atoms with Crippen molar-refractivity contribution < 1.29 is 5.11 Å². The van der Waals surface area contributed by atoms with E-state index in [0.717, 1.165) is 13.0 Å². The van der Waals surface area contributed by atoms with Gasteiger partial charge in [-0.3, -0.25) is 0 Å². The molecule has 1 rings (SSSR count). The number of nitrogens with one attached hydrogen (secondary N) is 1. The van der Waals surface area contributed by atoms with Gasteiger partial charge < -0.3 is 10.4 Å². The molecule has 0 bridgehead atoms. The lowest BCUT2D eigenvalue weighted by molar-refractivity contribution is 0.0707. The molecule has 2 heteroatoms. The van der Waals surface area contributed by atoms with Gasteiger partial charge >= 0.3 is 0 Å². The first kappa shape index (κ1) is 8.02. The van der Waals surface area contributed by atoms with E-state index in [-0.39, 0.29) is 6.10 Å². The molecule has 0 aliphatic heterocycles. The fourth-order valence-electron chi connectivity index (χ4n) is 1.69. The molecule has 2 atom stereocenters. The first-order chi connectivity index (χ1) is 4.84. The number of aliphatic hydroxyl groups excluding tert-OH is 1. The predicted octanol–water partition coefficient (Wildman–Crippen LogP) is 0.757. The third kappa shape index (κ3) is 1.96. The lowest BCUT2D eigenvalue weighted by atomic mass is 9.86. The summed E-state index contributed by atoms with van der Waals surface area (Å²) in [6.45, 7) is 0.973. The molecule has 60 valence electrons. The lowest BCUT2D eigenvalue weighted by Crippen LogP contribution is -2.32. The number of hydrogen-bond donors (Lipinski definition) is 2. The molecule has 0 aromatic carbocycles. The lowest BCUT2D eigenvalue weighted by Gasteiger charge is -2.26. The quantitative estimate of drug-likeness (QED) is 0.598. The van der Waals surface area contributed by atoms with Crippen LogP contribution in [0, 0.1) is 5.92 Å². The van der Waals surface area contributed by atoms with E-state index in [1.165, 1.54) is 19.3 Å². The van der Waals surface area contributed by atoms with Gasteiger partial charge in [0.05, 0.1) is 6.10 Å². The molecule has 1 fully saturated rings. The van der Waals surface area contributed by atoms with Crippen molar-refractivity contribution in [3.05, 3.63) is 0 Å². The van der Waals surface area contributed by atoms with E-state index in [9.17, 15) is 5.11 Å². The van der Waals surface area contributed by atoms with Crippen LogP contribution in [0.1, 0.15) is 25.7 Å². The Morgan fingerprint density at radius 3 is 2.70 bits per heavy atom. The fourth-order valence-corrected chi connectivity index (χ4v) is 1.69. The fraction of sp³-hybridized carbons (Fsp3) is 1.00. The minimum Gasteiger partial charge on any atom is -0.393 e. The van der Waals surface area contributed by atoms with Crippen LogP contribution in [-0.4, -0.2) is 24.8 Å². The topological polar surface area (TPSA) is 32.3 Å². The Labute approximate surface area is 62.6 Å². The summed E-state index contributed by atoms with van der Waals surface area (Å²) in [5, 5.41) is 12.6. The Kier molecular flexibility index (Phi) is 3.16. The van der Waals surface area contributed by atoms with Crippen molar-refractivity contribution in [1.29, 1.82) is 0 Å². The smallest absolute Gasteiger partial charge is 0.0580 e. The number of aliphatic hydroxyl groups is 1. The summed E-state index contributed by atoms with van der Waals surface area (Å²) in [6.07, 6.45) is 4.67. The molecule has 1 aliphatic carbocycles. The molecule has 0 spiro atoms. The van der Waals surface area contributed by atoms with E-state index in [1.54, 1.807) is 0 Å². The van der Waals surface area contributed by atoms with Gasteiger partial charge in [-0.25, -0.2) is 0 Å². The third-order valence-corrected chi connectivity index (χ3v) is 2.34. The van der Waals surface area contributed by atoms with Crippen LogP contribution in [0.25, 0.3) is 0 Å². The van der Waals surface area contributed by atoms with E-state index in [0.29, 0.717) is 5.92 Å². The maximum Gasteiger partial charge on any atom is 0.0580 e. The molecule has 0 unspecified atom stereocenters. The molecule has 2 nitrogen and oxygen atoms in total. The van der Waals surface area contributed by atoms with Crippen molar-refractivity contribution in [3.8, 4) is 0 Å². The summed E-state index contributed by atoms with van der Waals surface area (Å²) in [7, 11) is 1.95. The van der Waals surface area contributed by atoms with Crippen molar-refractivity contribution in [1.82, 2.24) is 5.32 Å². The molecule has 0 radical (unpaired) electrons. The van der Waals surface area contributed by atoms with Crippen LogP contribution in [0.3, 0.4) is 0 Å². The van der Waals surface area contributed by atoms with Crippen molar-refractivity contribution in [2.75, 3.05) is 13.6 Å². The minimum atomic E-state index is -0.0406. The van der Waals surface area contributed by atoms with Crippen LogP contribution in [0.4, 0.5) is 0 Å². The van der Waals surface area contributed by atoms with E-state index >= 15 is 0 Å². The van der Waals surface area contributed by atoms with Gasteiger partial charge in [0.1, 0.15) is 0 Å². The van der Waals surface area contributed by atoms with Crippen molar-refractivity contribution in [2.45, 2.75) is 31.8 Å². The minimum absolute atomic E-state index is 0.0406. The van der Waals surface area contributed by atoms with Gasteiger partial charge in [0.15, 0.2) is 0 Å². The van der Waals surface area contributed by atoms with E-state index in [1.807, 2.05) is 7.05 Å². The Balaban J connectivity index is 2.25. The Morgan fingerprint density at radius 1 is 1.40 bits per heavy atom. The Morgan fingerprint density at radius 2 is 2.10 bits per heavy atom. The maximum absolute atomic E-state index is 9.46. The van der Waals surface area contributed by atoms with Crippen LogP contribution < -0.4 is 5.32 Å². The Bertz CT molecular complexity index is 93.3. The van der Waals surface area contributed by atoms with Crippen molar-refractivity contribution >= 4 is 0 Å². The molecule has 0 heterocycles. The molecule has 0 amide bonds. The van der Waals surface area contributed by atoms with Crippen LogP contribution in [0.2, 0.25) is 0 Å². The average Bonchev–Trinajstić information content (AvgIpc) is 1.94. The summed E-state index contributed by atoms with van der Waals surface area (Å²) in [6, 6.07) is 0. The van der Waals surface area contributed by atoms with Crippen LogP contribution >= 0.6 is 0 Å². The highest BCUT2D eigenvalue weighted by atomic mass is 16.3. The van der Waals surface area contributed by atoms with Gasteiger partial charge in [-0.15, -0.1) is 0 Å². The molecule has 0 aromatic rings. The summed E-state index contributed by atoms with van der Waals surface area (Å²) in [5.74, 6) is 0.513. The SMILES string of the molecule is CNC[C@@H]1CCCC[C@H]1O. The van der Waals surface area contributed by atoms with E-state index < -0.39 is 0 Å². The second-order valence-electron chi connectivity index (χ2n) is 3.17. The molecular formula is C8H17NO. The van der Waals surface area contributed by atoms with Crippen molar-refractivity contribution in [2.24, 2.45) is 5.92 Å². The largest absolute Gasteiger partial charge is 0.393 e. The predicted molar refractivity (Wildman–Crippen MR) is 41.9 cm³/mol. The second-order valence-corrected chi connectivity index (χ2v) is 3.17. The number of hydrogen-bond acceptors (Lipinski definition) is 2. The molecule has 1 saturated carbocycles. The van der Waals surface area contributed by atoms with Gasteiger partial charge in [-0.2, -0.15) is 0 Å². The first-order valence-corrected chi connectivity index (χ1v) is 4.17. The van der Waals surface area contributed by atoms with Crippen LogP contribution in [0.15, 0.2) is 0 Å². The molecular weight excluding hydrogens is 126 g/mol. The van der Waals surface area contributed by atoms with Gasteiger partial charge in [0.2, 0.25) is 0 Å². The summed E-state index contributed by atoms with van der Waals surface area (Å²) >= 11 is 0. The first-order valence-electron chi connectivity index (χ1n) is 4.17. The van der Waals surface area contributed by atoms with Gasteiger partial charge in [0, 0.05) is 6.54 Å². The highest BCUT2D eigenvalue weighted by Crippen LogP contribution is 2.23. The summed E-state index contributed by atoms with van der Waals surface area (Å²) in [5.41, 5.74) is 0. The van der Waals surface area contributed by atoms with Crippen molar-refractivity contribution in [3.63, 3.8) is 0 Å². The zero-order valence-corrected chi connectivity index (χ0v) is 6.64. The maximum atomic E-state index is 9.46. The third-order valence-electron chi connectivity index (χ3n) is 2.34. The second kappa shape index (κ2) is 3.94. The normalized spacial score (nSPS) is 34.2. The molecule has 0 saturated heterocycles. The molecule has 0 aromatic heterocycles. The zero-order valence-electron chi connectivity index (χ0n) is 6.64. The van der Waals surface area contributed by atoms with Gasteiger partial charge in [0.25, 0.3) is 0 Å². The van der Waals surface area contributed by atoms with Gasteiger partial charge in [-0.05, 0) is 25.8 Å². The highest BCUT2D eigenvalue weighted by Gasteiger charge is 2.21. The molecule has 1 aliphatic rings. The summed E-state index contributed by atoms with van der Waals surface area (Å²) in [4.78, 5) is 0. The monoisotopic (exact) mass is 143 g/mol. The Hall–Kier alpha value is -0.0800. The highest BCUT2D eigenvalue weighted by molar-refractivity contribution is 4.75. The number of rotatable bonds is 2.